The van der Waals surface area contributed by atoms with Gasteiger partial charge in [-0.3, -0.25) is 14.4 Å². The second-order valence-corrected chi connectivity index (χ2v) is 7.35. The van der Waals surface area contributed by atoms with Crippen molar-refractivity contribution >= 4 is 17.8 Å². The van der Waals surface area contributed by atoms with E-state index in [4.69, 9.17) is 5.11 Å². The van der Waals surface area contributed by atoms with E-state index >= 15 is 0 Å². The van der Waals surface area contributed by atoms with Gasteiger partial charge in [0.2, 0.25) is 11.8 Å². The van der Waals surface area contributed by atoms with Gasteiger partial charge in [-0.05, 0) is 31.7 Å². The topological polar surface area (TPSA) is 86.7 Å². The van der Waals surface area contributed by atoms with E-state index in [1.165, 1.54) is 0 Å². The summed E-state index contributed by atoms with van der Waals surface area (Å²) in [4.78, 5) is 37.5. The van der Waals surface area contributed by atoms with Crippen molar-refractivity contribution in [1.29, 1.82) is 0 Å². The Bertz CT molecular complexity index is 679. The van der Waals surface area contributed by atoms with Crippen LogP contribution in [0.15, 0.2) is 24.3 Å². The molecule has 1 heterocycles. The fourth-order valence-corrected chi connectivity index (χ4v) is 3.62. The molecule has 0 radical (unpaired) electrons. The zero-order valence-corrected chi connectivity index (χ0v) is 14.5. The molecule has 2 N–H and O–H groups in total. The molecule has 2 aliphatic rings. The number of benzene rings is 1. The smallest absolute Gasteiger partial charge is 0.305 e. The Labute approximate surface area is 147 Å². The molecule has 0 spiro atoms. The van der Waals surface area contributed by atoms with Crippen molar-refractivity contribution < 1.29 is 19.5 Å². The minimum atomic E-state index is -0.900. The number of carboxylic acids is 1. The molecule has 1 aliphatic carbocycles. The van der Waals surface area contributed by atoms with Crippen molar-refractivity contribution in [2.45, 2.75) is 51.1 Å². The summed E-state index contributed by atoms with van der Waals surface area (Å²) in [5.74, 6) is -1.52. The summed E-state index contributed by atoms with van der Waals surface area (Å²) in [6, 6.07) is 8.00. The van der Waals surface area contributed by atoms with Crippen LogP contribution in [0.25, 0.3) is 0 Å². The van der Waals surface area contributed by atoms with E-state index in [-0.39, 0.29) is 24.7 Å². The van der Waals surface area contributed by atoms with Gasteiger partial charge in [-0.15, -0.1) is 0 Å². The highest BCUT2D eigenvalue weighted by Gasteiger charge is 2.43. The van der Waals surface area contributed by atoms with Crippen molar-refractivity contribution in [3.63, 3.8) is 0 Å². The molecule has 1 saturated carbocycles. The van der Waals surface area contributed by atoms with Crippen LogP contribution in [0, 0.1) is 12.8 Å². The van der Waals surface area contributed by atoms with Crippen LogP contribution in [-0.4, -0.2) is 39.9 Å². The number of aryl methyl sites for hydroxylation is 1. The Kier molecular flexibility index (Phi) is 4.79. The molecular formula is C19H24N2O4. The monoisotopic (exact) mass is 344 g/mol. The Hall–Kier alpha value is -2.37. The number of aliphatic carboxylic acids is 1. The molecule has 1 saturated heterocycles. The zero-order chi connectivity index (χ0) is 18.0. The lowest BCUT2D eigenvalue weighted by atomic mass is 9.74. The van der Waals surface area contributed by atoms with Crippen LogP contribution in [0.2, 0.25) is 0 Å². The van der Waals surface area contributed by atoms with E-state index in [9.17, 15) is 14.4 Å². The molecule has 1 aromatic rings. The van der Waals surface area contributed by atoms with Crippen LogP contribution in [0.5, 0.6) is 0 Å². The molecule has 2 amide bonds. The quantitative estimate of drug-likeness (QED) is 0.825. The number of amides is 2. The molecule has 1 aromatic carbocycles. The number of carboxylic acid groups (broad SMARTS) is 1. The minimum absolute atomic E-state index is 0.0263. The highest BCUT2D eigenvalue weighted by atomic mass is 16.4. The summed E-state index contributed by atoms with van der Waals surface area (Å²) < 4.78 is 0. The van der Waals surface area contributed by atoms with E-state index in [2.05, 4.69) is 5.32 Å². The van der Waals surface area contributed by atoms with Gasteiger partial charge in [-0.25, -0.2) is 0 Å². The molecule has 1 atom stereocenters. The minimum Gasteiger partial charge on any atom is -0.481 e. The molecule has 1 unspecified atom stereocenters. The SMILES string of the molecule is Cc1ccc(CN2CC(C(=O)NC3(CC(=O)O)CCC3)CC2=O)cc1. The maximum atomic E-state index is 12.5. The van der Waals surface area contributed by atoms with Crippen LogP contribution >= 0.6 is 0 Å². The average Bonchev–Trinajstić information content (AvgIpc) is 2.88. The summed E-state index contributed by atoms with van der Waals surface area (Å²) >= 11 is 0. The lowest BCUT2D eigenvalue weighted by Crippen LogP contribution is -2.56. The number of carbonyl (C=O) groups excluding carboxylic acids is 2. The second kappa shape index (κ2) is 6.86. The molecule has 134 valence electrons. The Morgan fingerprint density at radius 2 is 1.96 bits per heavy atom. The first-order chi connectivity index (χ1) is 11.9. The third-order valence-corrected chi connectivity index (χ3v) is 5.27. The highest BCUT2D eigenvalue weighted by Crippen LogP contribution is 2.35. The van der Waals surface area contributed by atoms with Gasteiger partial charge in [-0.2, -0.15) is 0 Å². The second-order valence-electron chi connectivity index (χ2n) is 7.35. The third-order valence-electron chi connectivity index (χ3n) is 5.27. The predicted octanol–water partition coefficient (Wildman–Crippen LogP) is 1.86. The van der Waals surface area contributed by atoms with Crippen molar-refractivity contribution in [3.8, 4) is 0 Å². The molecule has 0 bridgehead atoms. The Balaban J connectivity index is 1.58. The van der Waals surface area contributed by atoms with Gasteiger partial charge in [0.15, 0.2) is 0 Å². The van der Waals surface area contributed by atoms with Crippen LogP contribution < -0.4 is 5.32 Å². The molecule has 6 nitrogen and oxygen atoms in total. The van der Waals surface area contributed by atoms with Gasteiger partial charge in [0.1, 0.15) is 0 Å². The maximum absolute atomic E-state index is 12.5. The van der Waals surface area contributed by atoms with Crippen molar-refractivity contribution in [3.05, 3.63) is 35.4 Å². The Morgan fingerprint density at radius 3 is 2.52 bits per heavy atom. The first-order valence-electron chi connectivity index (χ1n) is 8.74. The van der Waals surface area contributed by atoms with Gasteiger partial charge in [0.05, 0.1) is 17.9 Å². The van der Waals surface area contributed by atoms with Gasteiger partial charge in [0.25, 0.3) is 0 Å². The van der Waals surface area contributed by atoms with Crippen molar-refractivity contribution in [1.82, 2.24) is 10.2 Å². The normalized spacial score (nSPS) is 21.7. The summed E-state index contributed by atoms with van der Waals surface area (Å²) in [6.07, 6.45) is 2.46. The van der Waals surface area contributed by atoms with Crippen molar-refractivity contribution in [2.75, 3.05) is 6.54 Å². The number of carbonyl (C=O) groups is 3. The van der Waals surface area contributed by atoms with E-state index in [0.717, 1.165) is 17.5 Å². The first kappa shape index (κ1) is 17.5. The number of nitrogens with zero attached hydrogens (tertiary/aromatic N) is 1. The van der Waals surface area contributed by atoms with Crippen LogP contribution in [0.1, 0.15) is 43.2 Å². The summed E-state index contributed by atoms with van der Waals surface area (Å²) in [5.41, 5.74) is 1.59. The fourth-order valence-electron chi connectivity index (χ4n) is 3.62. The molecular weight excluding hydrogens is 320 g/mol. The van der Waals surface area contributed by atoms with Crippen LogP contribution in [0.4, 0.5) is 0 Å². The van der Waals surface area contributed by atoms with E-state index in [1.54, 1.807) is 4.90 Å². The summed E-state index contributed by atoms with van der Waals surface area (Å²) in [7, 11) is 0. The average molecular weight is 344 g/mol. The van der Waals surface area contributed by atoms with Crippen LogP contribution in [0.3, 0.4) is 0 Å². The first-order valence-corrected chi connectivity index (χ1v) is 8.74. The number of nitrogens with one attached hydrogen (secondary N) is 1. The third kappa shape index (κ3) is 4.00. The largest absolute Gasteiger partial charge is 0.481 e. The zero-order valence-electron chi connectivity index (χ0n) is 14.5. The maximum Gasteiger partial charge on any atom is 0.305 e. The molecule has 3 rings (SSSR count). The van der Waals surface area contributed by atoms with Crippen molar-refractivity contribution in [2.24, 2.45) is 5.92 Å². The number of likely N-dealkylation sites (tertiary alicyclic amines) is 1. The number of rotatable bonds is 6. The lowest BCUT2D eigenvalue weighted by Gasteiger charge is -2.42. The van der Waals surface area contributed by atoms with Gasteiger partial charge >= 0.3 is 5.97 Å². The number of hydrogen-bond donors (Lipinski definition) is 2. The lowest BCUT2D eigenvalue weighted by molar-refractivity contribution is -0.141. The van der Waals surface area contributed by atoms with Gasteiger partial charge in [-0.1, -0.05) is 29.8 Å². The van der Waals surface area contributed by atoms with E-state index in [1.807, 2.05) is 31.2 Å². The highest BCUT2D eigenvalue weighted by molar-refractivity contribution is 5.90. The summed E-state index contributed by atoms with van der Waals surface area (Å²) in [6.45, 7) is 2.91. The van der Waals surface area contributed by atoms with E-state index in [0.29, 0.717) is 25.9 Å². The molecule has 25 heavy (non-hydrogen) atoms. The fraction of sp³-hybridized carbons (Fsp3) is 0.526. The number of hydrogen-bond acceptors (Lipinski definition) is 3. The molecule has 2 fully saturated rings. The summed E-state index contributed by atoms with van der Waals surface area (Å²) in [5, 5.41) is 12.0. The predicted molar refractivity (Wildman–Crippen MR) is 91.7 cm³/mol. The van der Waals surface area contributed by atoms with Gasteiger partial charge in [0, 0.05) is 19.5 Å². The molecule has 6 heteroatoms. The van der Waals surface area contributed by atoms with E-state index < -0.39 is 17.4 Å². The van der Waals surface area contributed by atoms with Crippen LogP contribution in [-0.2, 0) is 20.9 Å². The standard InChI is InChI=1S/C19H24N2O4/c1-13-3-5-14(6-4-13)11-21-12-15(9-16(21)22)18(25)20-19(7-2-8-19)10-17(23)24/h3-6,15H,2,7-12H2,1H3,(H,20,25)(H,23,24). The van der Waals surface area contributed by atoms with Gasteiger partial charge < -0.3 is 15.3 Å². The Morgan fingerprint density at radius 1 is 1.28 bits per heavy atom. The molecule has 0 aromatic heterocycles. The molecule has 1 aliphatic heterocycles.